The van der Waals surface area contributed by atoms with Gasteiger partial charge in [-0.25, -0.2) is 0 Å². The van der Waals surface area contributed by atoms with Crippen molar-refractivity contribution >= 4 is 0 Å². The quantitative estimate of drug-likeness (QED) is 0.892. The average Bonchev–Trinajstić information content (AvgIpc) is 2.48. The Labute approximate surface area is 121 Å². The highest BCUT2D eigenvalue weighted by Gasteiger charge is 2.07. The lowest BCUT2D eigenvalue weighted by atomic mass is 9.97. The molecule has 0 saturated heterocycles. The van der Waals surface area contributed by atoms with E-state index in [2.05, 4.69) is 44.2 Å². The summed E-state index contributed by atoms with van der Waals surface area (Å²) < 4.78 is 5.16. The van der Waals surface area contributed by atoms with Crippen LogP contribution in [0.5, 0.6) is 5.75 Å². The molecule has 20 heavy (non-hydrogen) atoms. The van der Waals surface area contributed by atoms with Crippen LogP contribution >= 0.6 is 0 Å². The molecule has 0 spiro atoms. The van der Waals surface area contributed by atoms with Crippen LogP contribution in [0.4, 0.5) is 0 Å². The maximum absolute atomic E-state index is 6.29. The van der Waals surface area contributed by atoms with Crippen LogP contribution in [-0.4, -0.2) is 7.11 Å². The van der Waals surface area contributed by atoms with E-state index in [-0.39, 0.29) is 6.04 Å². The van der Waals surface area contributed by atoms with Crippen molar-refractivity contribution in [3.63, 3.8) is 0 Å². The third kappa shape index (κ3) is 3.61. The first-order valence-electron chi connectivity index (χ1n) is 7.06. The Morgan fingerprint density at radius 2 is 1.70 bits per heavy atom. The number of ether oxygens (including phenoxy) is 1. The molecule has 2 aromatic rings. The van der Waals surface area contributed by atoms with Gasteiger partial charge in [-0.1, -0.05) is 30.3 Å². The summed E-state index contributed by atoms with van der Waals surface area (Å²) in [5.41, 5.74) is 11.4. The SMILES string of the molecule is COc1ccc(CCC(N)c2ccc(C)c(C)c2)cc1. The van der Waals surface area contributed by atoms with Crippen LogP contribution in [0, 0.1) is 13.8 Å². The predicted octanol–water partition coefficient (Wildman–Crippen LogP) is 3.94. The molecule has 0 aliphatic rings. The minimum atomic E-state index is 0.0939. The summed E-state index contributed by atoms with van der Waals surface area (Å²) in [5.74, 6) is 0.896. The molecular weight excluding hydrogens is 246 g/mol. The van der Waals surface area contributed by atoms with Gasteiger partial charge in [-0.2, -0.15) is 0 Å². The highest BCUT2D eigenvalue weighted by Crippen LogP contribution is 2.20. The molecule has 0 amide bonds. The molecule has 0 aliphatic heterocycles. The first kappa shape index (κ1) is 14.6. The summed E-state index contributed by atoms with van der Waals surface area (Å²) in [7, 11) is 1.69. The van der Waals surface area contributed by atoms with Crippen molar-refractivity contribution in [1.29, 1.82) is 0 Å². The number of hydrogen-bond acceptors (Lipinski definition) is 2. The van der Waals surface area contributed by atoms with E-state index in [9.17, 15) is 0 Å². The summed E-state index contributed by atoms with van der Waals surface area (Å²) >= 11 is 0. The highest BCUT2D eigenvalue weighted by molar-refractivity contribution is 5.32. The van der Waals surface area contributed by atoms with Gasteiger partial charge in [0.05, 0.1) is 7.11 Å². The van der Waals surface area contributed by atoms with Crippen molar-refractivity contribution < 1.29 is 4.74 Å². The van der Waals surface area contributed by atoms with Crippen LogP contribution in [-0.2, 0) is 6.42 Å². The Balaban J connectivity index is 1.96. The number of rotatable bonds is 5. The fourth-order valence-electron chi connectivity index (χ4n) is 2.28. The Morgan fingerprint density at radius 3 is 2.30 bits per heavy atom. The number of methoxy groups -OCH3 is 1. The van der Waals surface area contributed by atoms with Crippen molar-refractivity contribution in [3.05, 3.63) is 64.7 Å². The zero-order chi connectivity index (χ0) is 14.5. The van der Waals surface area contributed by atoms with Crippen LogP contribution in [0.3, 0.4) is 0 Å². The predicted molar refractivity (Wildman–Crippen MR) is 84.2 cm³/mol. The monoisotopic (exact) mass is 269 g/mol. The standard InChI is InChI=1S/C18H23NO/c1-13-4-8-16(12-14(13)2)18(19)11-7-15-5-9-17(20-3)10-6-15/h4-6,8-10,12,18H,7,11,19H2,1-3H3. The van der Waals surface area contributed by atoms with Crippen LogP contribution < -0.4 is 10.5 Å². The Bertz CT molecular complexity index is 560. The molecule has 2 rings (SSSR count). The number of aryl methyl sites for hydroxylation is 3. The van der Waals surface area contributed by atoms with E-state index in [1.165, 1.54) is 22.3 Å². The highest BCUT2D eigenvalue weighted by atomic mass is 16.5. The van der Waals surface area contributed by atoms with E-state index in [0.717, 1.165) is 18.6 Å². The van der Waals surface area contributed by atoms with Crippen LogP contribution in [0.2, 0.25) is 0 Å². The minimum absolute atomic E-state index is 0.0939. The molecule has 2 heteroatoms. The van der Waals surface area contributed by atoms with Gasteiger partial charge in [-0.3, -0.25) is 0 Å². The van der Waals surface area contributed by atoms with Gasteiger partial charge < -0.3 is 10.5 Å². The topological polar surface area (TPSA) is 35.2 Å². The van der Waals surface area contributed by atoms with Gasteiger partial charge in [0.2, 0.25) is 0 Å². The zero-order valence-corrected chi connectivity index (χ0v) is 12.5. The first-order valence-corrected chi connectivity index (χ1v) is 7.06. The Morgan fingerprint density at radius 1 is 1.00 bits per heavy atom. The molecule has 2 N–H and O–H groups in total. The molecule has 0 fully saturated rings. The van der Waals surface area contributed by atoms with Crippen molar-refractivity contribution in [2.24, 2.45) is 5.73 Å². The first-order chi connectivity index (χ1) is 9.60. The van der Waals surface area contributed by atoms with Crippen molar-refractivity contribution in [2.75, 3.05) is 7.11 Å². The van der Waals surface area contributed by atoms with E-state index in [1.54, 1.807) is 7.11 Å². The Hall–Kier alpha value is -1.80. The minimum Gasteiger partial charge on any atom is -0.497 e. The van der Waals surface area contributed by atoms with Gasteiger partial charge >= 0.3 is 0 Å². The third-order valence-corrected chi connectivity index (χ3v) is 3.86. The molecule has 0 aromatic heterocycles. The third-order valence-electron chi connectivity index (χ3n) is 3.86. The molecule has 0 heterocycles. The maximum Gasteiger partial charge on any atom is 0.118 e. The number of hydrogen-bond donors (Lipinski definition) is 1. The lowest BCUT2D eigenvalue weighted by Gasteiger charge is -2.14. The molecule has 0 saturated carbocycles. The molecule has 0 bridgehead atoms. The summed E-state index contributed by atoms with van der Waals surface area (Å²) in [5, 5.41) is 0. The molecule has 2 aromatic carbocycles. The Kier molecular flexibility index (Phi) is 4.80. The maximum atomic E-state index is 6.29. The molecule has 0 radical (unpaired) electrons. The normalized spacial score (nSPS) is 12.2. The lowest BCUT2D eigenvalue weighted by molar-refractivity contribution is 0.414. The number of benzene rings is 2. The van der Waals surface area contributed by atoms with Crippen molar-refractivity contribution in [1.82, 2.24) is 0 Å². The van der Waals surface area contributed by atoms with Gasteiger partial charge in [0.15, 0.2) is 0 Å². The summed E-state index contributed by atoms with van der Waals surface area (Å²) in [6.45, 7) is 4.26. The van der Waals surface area contributed by atoms with Crippen LogP contribution in [0.15, 0.2) is 42.5 Å². The second-order valence-electron chi connectivity index (χ2n) is 5.34. The van der Waals surface area contributed by atoms with Gasteiger partial charge in [0, 0.05) is 6.04 Å². The largest absolute Gasteiger partial charge is 0.497 e. The summed E-state index contributed by atoms with van der Waals surface area (Å²) in [6, 6.07) is 14.8. The number of nitrogens with two attached hydrogens (primary N) is 1. The zero-order valence-electron chi connectivity index (χ0n) is 12.5. The molecule has 106 valence electrons. The lowest BCUT2D eigenvalue weighted by Crippen LogP contribution is -2.11. The fraction of sp³-hybridized carbons (Fsp3) is 0.333. The van der Waals surface area contributed by atoms with Crippen molar-refractivity contribution in [2.45, 2.75) is 32.7 Å². The average molecular weight is 269 g/mol. The van der Waals surface area contributed by atoms with E-state index < -0.39 is 0 Å². The molecular formula is C18H23NO. The van der Waals surface area contributed by atoms with Gasteiger partial charge in [0.1, 0.15) is 5.75 Å². The van der Waals surface area contributed by atoms with Crippen molar-refractivity contribution in [3.8, 4) is 5.75 Å². The van der Waals surface area contributed by atoms with Gasteiger partial charge in [0.25, 0.3) is 0 Å². The van der Waals surface area contributed by atoms with Gasteiger partial charge in [-0.05, 0) is 61.1 Å². The molecule has 2 nitrogen and oxygen atoms in total. The molecule has 0 aliphatic carbocycles. The van der Waals surface area contributed by atoms with E-state index in [0.29, 0.717) is 0 Å². The van der Waals surface area contributed by atoms with E-state index in [4.69, 9.17) is 10.5 Å². The van der Waals surface area contributed by atoms with Crippen LogP contribution in [0.25, 0.3) is 0 Å². The van der Waals surface area contributed by atoms with Crippen LogP contribution in [0.1, 0.15) is 34.7 Å². The van der Waals surface area contributed by atoms with E-state index >= 15 is 0 Å². The second kappa shape index (κ2) is 6.58. The summed E-state index contributed by atoms with van der Waals surface area (Å²) in [4.78, 5) is 0. The smallest absolute Gasteiger partial charge is 0.118 e. The van der Waals surface area contributed by atoms with Gasteiger partial charge in [-0.15, -0.1) is 0 Å². The molecule has 1 unspecified atom stereocenters. The second-order valence-corrected chi connectivity index (χ2v) is 5.34. The summed E-state index contributed by atoms with van der Waals surface area (Å²) in [6.07, 6.45) is 1.94. The van der Waals surface area contributed by atoms with E-state index in [1.807, 2.05) is 12.1 Å². The molecule has 1 atom stereocenters. The fourth-order valence-corrected chi connectivity index (χ4v) is 2.28.